The molecule has 0 saturated carbocycles. The highest BCUT2D eigenvalue weighted by molar-refractivity contribution is 5.97. The highest BCUT2D eigenvalue weighted by Crippen LogP contribution is 2.43. The standard InChI is InChI=1S/C18H19F3N4O3/c19-18(20,21)17(23-16(27)5-6-24-7-9-28-10-8-24)14(26)11-15-22-12-3-1-2-4-13(12)25(15)17/h1-4H,5-11H2,(H,23,27). The maximum Gasteiger partial charge on any atom is 0.438 e. The number of rotatable bonds is 4. The number of Topliss-reactive ketones (excluding diaryl/α,β-unsaturated/α-hetero) is 1. The third-order valence-corrected chi connectivity index (χ3v) is 5.18. The van der Waals surface area contributed by atoms with Crippen LogP contribution in [-0.4, -0.2) is 65.2 Å². The maximum absolute atomic E-state index is 14.2. The average molecular weight is 396 g/mol. The first-order valence-electron chi connectivity index (χ1n) is 9.01. The number of para-hydroxylation sites is 2. The van der Waals surface area contributed by atoms with Crippen LogP contribution in [0.15, 0.2) is 24.3 Å². The van der Waals surface area contributed by atoms with Crippen molar-refractivity contribution < 1.29 is 27.5 Å². The van der Waals surface area contributed by atoms with Crippen molar-refractivity contribution >= 4 is 22.7 Å². The summed E-state index contributed by atoms with van der Waals surface area (Å²) in [5, 5.41) is 2.01. The Labute approximate surface area is 158 Å². The van der Waals surface area contributed by atoms with Gasteiger partial charge in [-0.05, 0) is 12.1 Å². The molecule has 1 N–H and O–H groups in total. The summed E-state index contributed by atoms with van der Waals surface area (Å²) in [6.07, 6.45) is -5.64. The van der Waals surface area contributed by atoms with Gasteiger partial charge in [-0.3, -0.25) is 19.1 Å². The van der Waals surface area contributed by atoms with Crippen molar-refractivity contribution in [3.05, 3.63) is 30.1 Å². The maximum atomic E-state index is 14.2. The molecule has 10 heteroatoms. The number of fused-ring (bicyclic) bond motifs is 3. The predicted octanol–water partition coefficient (Wildman–Crippen LogP) is 1.22. The predicted molar refractivity (Wildman–Crippen MR) is 92.5 cm³/mol. The Morgan fingerprint density at radius 3 is 2.68 bits per heavy atom. The number of ketones is 1. The number of alkyl halides is 3. The van der Waals surface area contributed by atoms with Gasteiger partial charge in [0.1, 0.15) is 5.82 Å². The Kier molecular flexibility index (Phi) is 4.62. The van der Waals surface area contributed by atoms with Crippen LogP contribution in [0.2, 0.25) is 0 Å². The van der Waals surface area contributed by atoms with E-state index < -0.39 is 30.0 Å². The number of hydrogen-bond acceptors (Lipinski definition) is 5. The molecule has 0 radical (unpaired) electrons. The first-order valence-corrected chi connectivity index (χ1v) is 9.01. The van der Waals surface area contributed by atoms with E-state index in [1.54, 1.807) is 18.2 Å². The number of morpholine rings is 1. The minimum Gasteiger partial charge on any atom is -0.379 e. The third kappa shape index (κ3) is 2.96. The fraction of sp³-hybridized carbons (Fsp3) is 0.500. The molecule has 2 aromatic rings. The van der Waals surface area contributed by atoms with Crippen LogP contribution < -0.4 is 5.32 Å². The highest BCUT2D eigenvalue weighted by atomic mass is 19.4. The largest absolute Gasteiger partial charge is 0.438 e. The smallest absolute Gasteiger partial charge is 0.379 e. The summed E-state index contributed by atoms with van der Waals surface area (Å²) >= 11 is 0. The van der Waals surface area contributed by atoms with E-state index in [2.05, 4.69) is 4.98 Å². The Hall–Kier alpha value is -2.46. The van der Waals surface area contributed by atoms with E-state index in [1.807, 2.05) is 10.2 Å². The number of carbonyl (C=O) groups is 2. The molecule has 1 saturated heterocycles. The zero-order valence-corrected chi connectivity index (χ0v) is 15.0. The Balaban J connectivity index is 1.65. The molecule has 28 heavy (non-hydrogen) atoms. The second-order valence-corrected chi connectivity index (χ2v) is 6.91. The van der Waals surface area contributed by atoms with E-state index >= 15 is 0 Å². The molecule has 0 spiro atoms. The van der Waals surface area contributed by atoms with Gasteiger partial charge >= 0.3 is 6.18 Å². The number of amides is 1. The molecule has 0 aliphatic carbocycles. The number of aromatic nitrogens is 2. The molecule has 2 aliphatic rings. The van der Waals surface area contributed by atoms with Gasteiger partial charge in [0.15, 0.2) is 5.78 Å². The van der Waals surface area contributed by atoms with Crippen molar-refractivity contribution in [3.63, 3.8) is 0 Å². The molecule has 4 rings (SSSR count). The van der Waals surface area contributed by atoms with Crippen LogP contribution in [0.25, 0.3) is 11.0 Å². The van der Waals surface area contributed by atoms with Gasteiger partial charge in [0.2, 0.25) is 5.91 Å². The number of ether oxygens (including phenoxy) is 1. The highest BCUT2D eigenvalue weighted by Gasteiger charge is 2.66. The fourth-order valence-corrected chi connectivity index (χ4v) is 3.79. The molecule has 1 unspecified atom stereocenters. The minimum atomic E-state index is -5.01. The topological polar surface area (TPSA) is 76.5 Å². The lowest BCUT2D eigenvalue weighted by Crippen LogP contribution is -2.63. The van der Waals surface area contributed by atoms with Gasteiger partial charge in [-0.25, -0.2) is 4.98 Å². The number of hydrogen-bond donors (Lipinski definition) is 1. The Morgan fingerprint density at radius 1 is 1.25 bits per heavy atom. The SMILES string of the molecule is O=C(CCN1CCOCC1)NC1(C(F)(F)F)C(=O)Cc2nc3ccccc3n21. The lowest BCUT2D eigenvalue weighted by molar-refractivity contribution is -0.218. The van der Waals surface area contributed by atoms with Gasteiger partial charge in [0.25, 0.3) is 5.66 Å². The van der Waals surface area contributed by atoms with Crippen molar-refractivity contribution in [2.45, 2.75) is 24.7 Å². The average Bonchev–Trinajstić information content (AvgIpc) is 3.15. The lowest BCUT2D eigenvalue weighted by Gasteiger charge is -2.33. The Bertz CT molecular complexity index is 920. The summed E-state index contributed by atoms with van der Waals surface area (Å²) in [6, 6.07) is 6.27. The van der Waals surface area contributed by atoms with Crippen molar-refractivity contribution in [2.24, 2.45) is 0 Å². The second kappa shape index (κ2) is 6.85. The summed E-state index contributed by atoms with van der Waals surface area (Å²) in [6.45, 7) is 2.59. The van der Waals surface area contributed by atoms with Crippen LogP contribution in [0.3, 0.4) is 0 Å². The first kappa shape index (κ1) is 18.9. The number of benzene rings is 1. The first-order chi connectivity index (χ1) is 13.3. The zero-order valence-electron chi connectivity index (χ0n) is 15.0. The van der Waals surface area contributed by atoms with E-state index in [1.165, 1.54) is 6.07 Å². The van der Waals surface area contributed by atoms with Gasteiger partial charge in [0.05, 0.1) is 30.7 Å². The van der Waals surface area contributed by atoms with Crippen LogP contribution in [0.4, 0.5) is 13.2 Å². The lowest BCUT2D eigenvalue weighted by atomic mass is 10.0. The van der Waals surface area contributed by atoms with Crippen molar-refractivity contribution in [3.8, 4) is 0 Å². The zero-order chi connectivity index (χ0) is 19.9. The second-order valence-electron chi connectivity index (χ2n) is 6.91. The van der Waals surface area contributed by atoms with Crippen LogP contribution >= 0.6 is 0 Å². The quantitative estimate of drug-likeness (QED) is 0.841. The third-order valence-electron chi connectivity index (χ3n) is 5.18. The number of nitrogens with zero attached hydrogens (tertiary/aromatic N) is 3. The van der Waals surface area contributed by atoms with Gasteiger partial charge in [-0.15, -0.1) is 0 Å². The molecular formula is C18H19F3N4O3. The van der Waals surface area contributed by atoms with Gasteiger partial charge in [-0.1, -0.05) is 12.1 Å². The van der Waals surface area contributed by atoms with E-state index in [0.29, 0.717) is 38.4 Å². The molecule has 1 aromatic carbocycles. The molecule has 1 fully saturated rings. The van der Waals surface area contributed by atoms with E-state index in [9.17, 15) is 22.8 Å². The van der Waals surface area contributed by atoms with Gasteiger partial charge < -0.3 is 10.1 Å². The molecule has 3 heterocycles. The summed E-state index contributed by atoms with van der Waals surface area (Å²) < 4.78 is 48.6. The van der Waals surface area contributed by atoms with E-state index in [-0.39, 0.29) is 17.8 Å². The fourth-order valence-electron chi connectivity index (χ4n) is 3.79. The Morgan fingerprint density at radius 2 is 1.96 bits per heavy atom. The number of halogens is 3. The van der Waals surface area contributed by atoms with Gasteiger partial charge in [0, 0.05) is 26.1 Å². The molecular weight excluding hydrogens is 377 g/mol. The number of imidazole rings is 1. The number of carbonyl (C=O) groups excluding carboxylic acids is 2. The summed E-state index contributed by atoms with van der Waals surface area (Å²) in [7, 11) is 0. The van der Waals surface area contributed by atoms with Gasteiger partial charge in [-0.2, -0.15) is 13.2 Å². The summed E-state index contributed by atoms with van der Waals surface area (Å²) in [5.74, 6) is -1.97. The van der Waals surface area contributed by atoms with Crippen LogP contribution in [-0.2, 0) is 26.4 Å². The van der Waals surface area contributed by atoms with Crippen molar-refractivity contribution in [1.29, 1.82) is 0 Å². The van der Waals surface area contributed by atoms with Crippen molar-refractivity contribution in [2.75, 3.05) is 32.8 Å². The van der Waals surface area contributed by atoms with E-state index in [0.717, 1.165) is 4.57 Å². The van der Waals surface area contributed by atoms with Crippen LogP contribution in [0, 0.1) is 0 Å². The van der Waals surface area contributed by atoms with Crippen molar-refractivity contribution in [1.82, 2.24) is 19.8 Å². The summed E-state index contributed by atoms with van der Waals surface area (Å²) in [5.41, 5.74) is -2.61. The molecule has 2 aliphatic heterocycles. The molecule has 1 amide bonds. The monoisotopic (exact) mass is 396 g/mol. The number of nitrogens with one attached hydrogen (secondary N) is 1. The summed E-state index contributed by atoms with van der Waals surface area (Å²) in [4.78, 5) is 31.1. The molecule has 0 bridgehead atoms. The van der Waals surface area contributed by atoms with Crippen LogP contribution in [0.1, 0.15) is 12.2 Å². The molecule has 7 nitrogen and oxygen atoms in total. The molecule has 150 valence electrons. The van der Waals surface area contributed by atoms with E-state index in [4.69, 9.17) is 4.74 Å². The molecule has 1 atom stereocenters. The minimum absolute atomic E-state index is 0.00277. The molecule has 1 aromatic heterocycles. The normalized spacial score (nSPS) is 23.2. The van der Waals surface area contributed by atoms with Crippen LogP contribution in [0.5, 0.6) is 0 Å².